The smallest absolute Gasteiger partial charge is 0.270 e. The van der Waals surface area contributed by atoms with Gasteiger partial charge in [0.1, 0.15) is 17.3 Å². The van der Waals surface area contributed by atoms with Gasteiger partial charge < -0.3 is 18.6 Å². The zero-order valence-electron chi connectivity index (χ0n) is 16.0. The maximum atomic E-state index is 12.8. The number of piperidine rings is 1. The Kier molecular flexibility index (Phi) is 4.55. The van der Waals surface area contributed by atoms with E-state index in [0.29, 0.717) is 13.1 Å². The Morgan fingerprint density at radius 1 is 1.26 bits per heavy atom. The Hall–Kier alpha value is -2.90. The van der Waals surface area contributed by atoms with Crippen molar-refractivity contribution in [1.29, 1.82) is 0 Å². The second-order valence-electron chi connectivity index (χ2n) is 7.23. The summed E-state index contributed by atoms with van der Waals surface area (Å²) in [6.07, 6.45) is 7.64. The van der Waals surface area contributed by atoms with Crippen molar-refractivity contribution >= 4 is 5.91 Å². The molecule has 1 unspecified atom stereocenters. The maximum Gasteiger partial charge on any atom is 0.270 e. The third kappa shape index (κ3) is 3.27. The Labute approximate surface area is 158 Å². The molecule has 4 rings (SSSR count). The first kappa shape index (κ1) is 17.5. The van der Waals surface area contributed by atoms with Crippen molar-refractivity contribution in [3.63, 3.8) is 0 Å². The SMILES string of the molecule is Cc1nccn1Cc1nnc(C2CCCN(C(=O)c3cccn3C)C2)n1C. The van der Waals surface area contributed by atoms with Crippen LogP contribution in [0.3, 0.4) is 0 Å². The summed E-state index contributed by atoms with van der Waals surface area (Å²) in [7, 11) is 3.91. The van der Waals surface area contributed by atoms with Gasteiger partial charge in [0.25, 0.3) is 5.91 Å². The Bertz CT molecular complexity index is 951. The lowest BCUT2D eigenvalue weighted by atomic mass is 9.97. The summed E-state index contributed by atoms with van der Waals surface area (Å²) < 4.78 is 6.00. The Morgan fingerprint density at radius 2 is 2.11 bits per heavy atom. The summed E-state index contributed by atoms with van der Waals surface area (Å²) in [6.45, 7) is 4.10. The molecule has 1 atom stereocenters. The summed E-state index contributed by atoms with van der Waals surface area (Å²) in [4.78, 5) is 19.1. The van der Waals surface area contributed by atoms with Gasteiger partial charge in [-0.05, 0) is 31.9 Å². The van der Waals surface area contributed by atoms with E-state index in [2.05, 4.69) is 24.3 Å². The van der Waals surface area contributed by atoms with Gasteiger partial charge in [0.15, 0.2) is 5.82 Å². The second kappa shape index (κ2) is 7.02. The zero-order valence-corrected chi connectivity index (χ0v) is 16.0. The van der Waals surface area contributed by atoms with E-state index in [1.807, 2.05) is 55.0 Å². The highest BCUT2D eigenvalue weighted by Gasteiger charge is 2.29. The van der Waals surface area contributed by atoms with Crippen LogP contribution in [0.5, 0.6) is 0 Å². The van der Waals surface area contributed by atoms with E-state index in [9.17, 15) is 4.79 Å². The van der Waals surface area contributed by atoms with Gasteiger partial charge in [-0.15, -0.1) is 10.2 Å². The van der Waals surface area contributed by atoms with Crippen LogP contribution in [-0.4, -0.2) is 52.8 Å². The van der Waals surface area contributed by atoms with Crippen LogP contribution >= 0.6 is 0 Å². The number of hydrogen-bond acceptors (Lipinski definition) is 4. The molecule has 0 aliphatic carbocycles. The average Bonchev–Trinajstić information content (AvgIpc) is 3.37. The van der Waals surface area contributed by atoms with E-state index in [1.54, 1.807) is 6.20 Å². The number of rotatable bonds is 4. The van der Waals surface area contributed by atoms with Gasteiger partial charge in [0.05, 0.1) is 6.54 Å². The molecule has 0 saturated carbocycles. The van der Waals surface area contributed by atoms with Crippen LogP contribution in [0.1, 0.15) is 46.7 Å². The molecule has 3 aromatic heterocycles. The van der Waals surface area contributed by atoms with Crippen LogP contribution in [-0.2, 0) is 20.6 Å². The fourth-order valence-corrected chi connectivity index (χ4v) is 3.81. The standard InChI is InChI=1S/C19H25N7O/c1-14-20-8-11-25(14)13-17-21-22-18(24(17)3)15-6-4-10-26(12-15)19(27)16-7-5-9-23(16)2/h5,7-9,11,15H,4,6,10,12-13H2,1-3H3. The molecule has 3 aromatic rings. The quantitative estimate of drug-likeness (QED) is 0.704. The molecule has 142 valence electrons. The number of hydrogen-bond donors (Lipinski definition) is 0. The molecule has 0 bridgehead atoms. The van der Waals surface area contributed by atoms with Crippen molar-refractivity contribution in [2.45, 2.75) is 32.2 Å². The van der Waals surface area contributed by atoms with E-state index in [4.69, 9.17) is 0 Å². The molecule has 0 radical (unpaired) electrons. The normalized spacial score (nSPS) is 17.4. The molecule has 1 aliphatic rings. The summed E-state index contributed by atoms with van der Waals surface area (Å²) in [5.74, 6) is 3.10. The third-order valence-electron chi connectivity index (χ3n) is 5.47. The van der Waals surface area contributed by atoms with Crippen molar-refractivity contribution in [2.24, 2.45) is 14.1 Å². The van der Waals surface area contributed by atoms with Gasteiger partial charge in [-0.3, -0.25) is 4.79 Å². The van der Waals surface area contributed by atoms with Crippen LogP contribution in [0.4, 0.5) is 0 Å². The van der Waals surface area contributed by atoms with Crippen molar-refractivity contribution in [3.05, 3.63) is 53.9 Å². The van der Waals surface area contributed by atoms with Crippen LogP contribution < -0.4 is 0 Å². The molecule has 8 heteroatoms. The topological polar surface area (TPSA) is 73.8 Å². The molecule has 1 aliphatic heterocycles. The summed E-state index contributed by atoms with van der Waals surface area (Å²) >= 11 is 0. The molecular formula is C19H25N7O. The lowest BCUT2D eigenvalue weighted by Gasteiger charge is -2.32. The molecule has 8 nitrogen and oxygen atoms in total. The lowest BCUT2D eigenvalue weighted by Crippen LogP contribution is -2.40. The van der Waals surface area contributed by atoms with E-state index in [-0.39, 0.29) is 11.8 Å². The molecule has 1 fully saturated rings. The molecule has 0 N–H and O–H groups in total. The van der Waals surface area contributed by atoms with E-state index >= 15 is 0 Å². The molecule has 1 amide bonds. The van der Waals surface area contributed by atoms with Gasteiger partial charge in [0, 0.05) is 51.7 Å². The highest BCUT2D eigenvalue weighted by Crippen LogP contribution is 2.27. The van der Waals surface area contributed by atoms with Gasteiger partial charge >= 0.3 is 0 Å². The average molecular weight is 367 g/mol. The summed E-state index contributed by atoms with van der Waals surface area (Å²) in [6, 6.07) is 3.78. The summed E-state index contributed by atoms with van der Waals surface area (Å²) in [5, 5.41) is 8.86. The predicted molar refractivity (Wildman–Crippen MR) is 100 cm³/mol. The maximum absolute atomic E-state index is 12.8. The monoisotopic (exact) mass is 367 g/mol. The Morgan fingerprint density at radius 3 is 2.81 bits per heavy atom. The van der Waals surface area contributed by atoms with Crippen molar-refractivity contribution < 1.29 is 4.79 Å². The van der Waals surface area contributed by atoms with Crippen molar-refractivity contribution in [1.82, 2.24) is 33.8 Å². The lowest BCUT2D eigenvalue weighted by molar-refractivity contribution is 0.0693. The van der Waals surface area contributed by atoms with E-state index < -0.39 is 0 Å². The van der Waals surface area contributed by atoms with Crippen LogP contribution in [0.2, 0.25) is 0 Å². The minimum absolute atomic E-state index is 0.0867. The number of aryl methyl sites for hydroxylation is 2. The fraction of sp³-hybridized carbons (Fsp3) is 0.474. The zero-order chi connectivity index (χ0) is 19.0. The number of imidazole rings is 1. The highest BCUT2D eigenvalue weighted by molar-refractivity contribution is 5.92. The number of nitrogens with zero attached hydrogens (tertiary/aromatic N) is 7. The first-order valence-corrected chi connectivity index (χ1v) is 9.31. The largest absolute Gasteiger partial charge is 0.347 e. The predicted octanol–water partition coefficient (Wildman–Crippen LogP) is 1.73. The third-order valence-corrected chi connectivity index (χ3v) is 5.47. The number of carbonyl (C=O) groups excluding carboxylic acids is 1. The van der Waals surface area contributed by atoms with Crippen LogP contribution in [0.15, 0.2) is 30.7 Å². The second-order valence-corrected chi connectivity index (χ2v) is 7.23. The molecule has 1 saturated heterocycles. The molecule has 0 aromatic carbocycles. The minimum Gasteiger partial charge on any atom is -0.347 e. The molecule has 27 heavy (non-hydrogen) atoms. The van der Waals surface area contributed by atoms with E-state index in [0.717, 1.165) is 42.6 Å². The first-order valence-electron chi connectivity index (χ1n) is 9.31. The van der Waals surface area contributed by atoms with Gasteiger partial charge in [-0.2, -0.15) is 0 Å². The molecular weight excluding hydrogens is 342 g/mol. The fourth-order valence-electron chi connectivity index (χ4n) is 3.81. The number of carbonyl (C=O) groups is 1. The molecule has 0 spiro atoms. The van der Waals surface area contributed by atoms with Crippen LogP contribution in [0.25, 0.3) is 0 Å². The van der Waals surface area contributed by atoms with Gasteiger partial charge in [0.2, 0.25) is 0 Å². The number of likely N-dealkylation sites (tertiary alicyclic amines) is 1. The van der Waals surface area contributed by atoms with Crippen molar-refractivity contribution in [3.8, 4) is 0 Å². The number of aromatic nitrogens is 6. The minimum atomic E-state index is 0.0867. The van der Waals surface area contributed by atoms with Gasteiger partial charge in [-0.1, -0.05) is 0 Å². The van der Waals surface area contributed by atoms with Crippen molar-refractivity contribution in [2.75, 3.05) is 13.1 Å². The first-order chi connectivity index (χ1) is 13.0. The Balaban J connectivity index is 1.51. The summed E-state index contributed by atoms with van der Waals surface area (Å²) in [5.41, 5.74) is 0.727. The van der Waals surface area contributed by atoms with Gasteiger partial charge in [-0.25, -0.2) is 4.98 Å². The van der Waals surface area contributed by atoms with E-state index in [1.165, 1.54) is 0 Å². The number of amides is 1. The highest BCUT2D eigenvalue weighted by atomic mass is 16.2. The van der Waals surface area contributed by atoms with Crippen LogP contribution in [0, 0.1) is 6.92 Å². The molecule has 4 heterocycles.